The smallest absolute Gasteiger partial charge is 0.138 e. The Bertz CT molecular complexity index is 387. The first-order valence-corrected chi connectivity index (χ1v) is 6.28. The summed E-state index contributed by atoms with van der Waals surface area (Å²) < 4.78 is 5.68. The second-order valence-corrected chi connectivity index (χ2v) is 5.11. The summed E-state index contributed by atoms with van der Waals surface area (Å²) >= 11 is 5.90. The fraction of sp³-hybridized carbons (Fsp3) is 0.538. The SMILES string of the molecule is C[C@@H]1CN(Cc2cccc(Cl)c2O)C[C@H](C)O1. The van der Waals surface area contributed by atoms with Crippen molar-refractivity contribution in [2.24, 2.45) is 0 Å². The third kappa shape index (κ3) is 3.12. The molecule has 2 atom stereocenters. The molecule has 1 saturated heterocycles. The normalized spacial score (nSPS) is 26.1. The third-order valence-electron chi connectivity index (χ3n) is 2.96. The minimum absolute atomic E-state index is 0.195. The molecule has 2 rings (SSSR count). The molecule has 0 amide bonds. The summed E-state index contributed by atoms with van der Waals surface area (Å²) in [6, 6.07) is 5.47. The van der Waals surface area contributed by atoms with Gasteiger partial charge < -0.3 is 9.84 Å². The lowest BCUT2D eigenvalue weighted by Gasteiger charge is -2.35. The first kappa shape index (κ1) is 12.7. The van der Waals surface area contributed by atoms with Crippen molar-refractivity contribution in [2.75, 3.05) is 13.1 Å². The maximum atomic E-state index is 9.87. The molecule has 1 N–H and O–H groups in total. The van der Waals surface area contributed by atoms with Crippen LogP contribution in [-0.4, -0.2) is 35.3 Å². The molecular formula is C13H18ClNO2. The fourth-order valence-electron chi connectivity index (χ4n) is 2.34. The van der Waals surface area contributed by atoms with Crippen LogP contribution in [0.2, 0.25) is 5.02 Å². The second-order valence-electron chi connectivity index (χ2n) is 4.70. The number of nitrogens with zero attached hydrogens (tertiary/aromatic N) is 1. The molecule has 94 valence electrons. The number of morpholine rings is 1. The van der Waals surface area contributed by atoms with Gasteiger partial charge in [0.25, 0.3) is 0 Å². The number of aromatic hydroxyl groups is 1. The van der Waals surface area contributed by atoms with Crippen LogP contribution in [0, 0.1) is 0 Å². The molecule has 1 aliphatic rings. The van der Waals surface area contributed by atoms with Gasteiger partial charge in [-0.05, 0) is 19.9 Å². The number of para-hydroxylation sites is 1. The van der Waals surface area contributed by atoms with E-state index in [-0.39, 0.29) is 18.0 Å². The summed E-state index contributed by atoms with van der Waals surface area (Å²) in [5.74, 6) is 0.195. The highest BCUT2D eigenvalue weighted by Crippen LogP contribution is 2.28. The minimum Gasteiger partial charge on any atom is -0.506 e. The number of rotatable bonds is 2. The largest absolute Gasteiger partial charge is 0.506 e. The van der Waals surface area contributed by atoms with Gasteiger partial charge in [0.2, 0.25) is 0 Å². The lowest BCUT2D eigenvalue weighted by molar-refractivity contribution is -0.0706. The van der Waals surface area contributed by atoms with E-state index in [2.05, 4.69) is 18.7 Å². The van der Waals surface area contributed by atoms with Gasteiger partial charge >= 0.3 is 0 Å². The van der Waals surface area contributed by atoms with Gasteiger partial charge in [-0.15, -0.1) is 0 Å². The van der Waals surface area contributed by atoms with Crippen molar-refractivity contribution in [3.8, 4) is 5.75 Å². The van der Waals surface area contributed by atoms with Gasteiger partial charge in [-0.25, -0.2) is 0 Å². The number of hydrogen-bond acceptors (Lipinski definition) is 3. The summed E-state index contributed by atoms with van der Waals surface area (Å²) in [5, 5.41) is 10.3. The summed E-state index contributed by atoms with van der Waals surface area (Å²) in [6.07, 6.45) is 0.472. The Morgan fingerprint density at radius 2 is 2.00 bits per heavy atom. The topological polar surface area (TPSA) is 32.7 Å². The van der Waals surface area contributed by atoms with Gasteiger partial charge in [-0.1, -0.05) is 23.7 Å². The van der Waals surface area contributed by atoms with Crippen LogP contribution in [0.15, 0.2) is 18.2 Å². The number of ether oxygens (including phenoxy) is 1. The number of phenolic OH excluding ortho intramolecular Hbond substituents is 1. The predicted molar refractivity (Wildman–Crippen MR) is 68.4 cm³/mol. The van der Waals surface area contributed by atoms with E-state index >= 15 is 0 Å². The zero-order chi connectivity index (χ0) is 12.4. The molecule has 0 aliphatic carbocycles. The minimum atomic E-state index is 0.195. The van der Waals surface area contributed by atoms with Crippen LogP contribution in [0.25, 0.3) is 0 Å². The van der Waals surface area contributed by atoms with Crippen LogP contribution in [0.1, 0.15) is 19.4 Å². The standard InChI is InChI=1S/C13H18ClNO2/c1-9-6-15(7-10(2)17-9)8-11-4-3-5-12(14)13(11)16/h3-5,9-10,16H,6-8H2,1-2H3/t9-,10+. The molecule has 1 heterocycles. The molecule has 4 heteroatoms. The van der Waals surface area contributed by atoms with Crippen LogP contribution in [0.5, 0.6) is 5.75 Å². The van der Waals surface area contributed by atoms with Gasteiger partial charge in [0.05, 0.1) is 17.2 Å². The molecule has 0 spiro atoms. The maximum absolute atomic E-state index is 9.87. The first-order chi connectivity index (χ1) is 8.06. The molecule has 0 unspecified atom stereocenters. The van der Waals surface area contributed by atoms with Gasteiger partial charge in [0, 0.05) is 25.2 Å². The summed E-state index contributed by atoms with van der Waals surface area (Å²) in [4.78, 5) is 2.28. The summed E-state index contributed by atoms with van der Waals surface area (Å²) in [7, 11) is 0. The number of phenols is 1. The Labute approximate surface area is 107 Å². The molecule has 1 aliphatic heterocycles. The first-order valence-electron chi connectivity index (χ1n) is 5.90. The van der Waals surface area contributed by atoms with Crippen molar-refractivity contribution in [1.82, 2.24) is 4.90 Å². The molecule has 0 bridgehead atoms. The van der Waals surface area contributed by atoms with E-state index in [1.165, 1.54) is 0 Å². The Kier molecular flexibility index (Phi) is 3.92. The van der Waals surface area contributed by atoms with Crippen molar-refractivity contribution < 1.29 is 9.84 Å². The lowest BCUT2D eigenvalue weighted by atomic mass is 10.1. The van der Waals surface area contributed by atoms with Crippen molar-refractivity contribution in [3.63, 3.8) is 0 Å². The van der Waals surface area contributed by atoms with Crippen molar-refractivity contribution in [1.29, 1.82) is 0 Å². The average molecular weight is 256 g/mol. The number of benzene rings is 1. The highest BCUT2D eigenvalue weighted by atomic mass is 35.5. The Balaban J connectivity index is 2.07. The molecule has 1 fully saturated rings. The van der Waals surface area contributed by atoms with Gasteiger partial charge in [-0.3, -0.25) is 4.90 Å². The number of hydrogen-bond donors (Lipinski definition) is 1. The van der Waals surface area contributed by atoms with E-state index in [1.54, 1.807) is 6.07 Å². The highest BCUT2D eigenvalue weighted by Gasteiger charge is 2.22. The Morgan fingerprint density at radius 3 is 2.65 bits per heavy atom. The van der Waals surface area contributed by atoms with Gasteiger partial charge in [-0.2, -0.15) is 0 Å². The summed E-state index contributed by atoms with van der Waals surface area (Å²) in [5.41, 5.74) is 0.874. The van der Waals surface area contributed by atoms with E-state index in [9.17, 15) is 5.11 Å². The highest BCUT2D eigenvalue weighted by molar-refractivity contribution is 6.32. The van der Waals surface area contributed by atoms with Crippen molar-refractivity contribution >= 4 is 11.6 Å². The van der Waals surface area contributed by atoms with E-state index < -0.39 is 0 Å². The van der Waals surface area contributed by atoms with Crippen molar-refractivity contribution in [3.05, 3.63) is 28.8 Å². The molecule has 17 heavy (non-hydrogen) atoms. The van der Waals surface area contributed by atoms with Gasteiger partial charge in [0.1, 0.15) is 5.75 Å². The van der Waals surface area contributed by atoms with Gasteiger partial charge in [0.15, 0.2) is 0 Å². The molecule has 0 saturated carbocycles. The molecule has 0 radical (unpaired) electrons. The Hall–Kier alpha value is -0.770. The van der Waals surface area contributed by atoms with E-state index in [0.717, 1.165) is 18.7 Å². The fourth-order valence-corrected chi connectivity index (χ4v) is 2.54. The number of halogens is 1. The lowest BCUT2D eigenvalue weighted by Crippen LogP contribution is -2.44. The van der Waals surface area contributed by atoms with E-state index in [4.69, 9.17) is 16.3 Å². The zero-order valence-electron chi connectivity index (χ0n) is 10.2. The predicted octanol–water partition coefficient (Wildman–Crippen LogP) is 2.65. The molecule has 0 aromatic heterocycles. The molecule has 3 nitrogen and oxygen atoms in total. The molecule has 1 aromatic carbocycles. The van der Waals surface area contributed by atoms with E-state index in [1.807, 2.05) is 12.1 Å². The second kappa shape index (κ2) is 5.25. The van der Waals surface area contributed by atoms with Crippen LogP contribution >= 0.6 is 11.6 Å². The molecular weight excluding hydrogens is 238 g/mol. The quantitative estimate of drug-likeness (QED) is 0.882. The Morgan fingerprint density at radius 1 is 1.35 bits per heavy atom. The van der Waals surface area contributed by atoms with Crippen LogP contribution in [0.3, 0.4) is 0 Å². The zero-order valence-corrected chi connectivity index (χ0v) is 10.9. The van der Waals surface area contributed by atoms with E-state index in [0.29, 0.717) is 11.6 Å². The maximum Gasteiger partial charge on any atom is 0.138 e. The monoisotopic (exact) mass is 255 g/mol. The van der Waals surface area contributed by atoms with Crippen LogP contribution in [-0.2, 0) is 11.3 Å². The molecule has 1 aromatic rings. The summed E-state index contributed by atoms with van der Waals surface area (Å²) in [6.45, 7) is 6.62. The average Bonchev–Trinajstić information content (AvgIpc) is 2.23. The van der Waals surface area contributed by atoms with Crippen LogP contribution < -0.4 is 0 Å². The van der Waals surface area contributed by atoms with Crippen molar-refractivity contribution in [2.45, 2.75) is 32.6 Å². The van der Waals surface area contributed by atoms with Crippen LogP contribution in [0.4, 0.5) is 0 Å². The third-order valence-corrected chi connectivity index (χ3v) is 3.26.